The van der Waals surface area contributed by atoms with Crippen LogP contribution in [0.1, 0.15) is 50.5 Å². The maximum absolute atomic E-state index is 12.4. The molecule has 2 N–H and O–H groups in total. The Balaban J connectivity index is 1.58. The number of hydrogen-bond acceptors (Lipinski definition) is 2. The summed E-state index contributed by atoms with van der Waals surface area (Å²) in [6.45, 7) is 3.02. The molecule has 0 aromatic heterocycles. The van der Waals surface area contributed by atoms with Gasteiger partial charge in [-0.1, -0.05) is 30.3 Å². The van der Waals surface area contributed by atoms with Gasteiger partial charge in [0.1, 0.15) is 0 Å². The van der Waals surface area contributed by atoms with E-state index in [-0.39, 0.29) is 11.8 Å². The Morgan fingerprint density at radius 3 is 2.75 bits per heavy atom. The lowest BCUT2D eigenvalue weighted by Crippen LogP contribution is -2.59. The van der Waals surface area contributed by atoms with Gasteiger partial charge in [-0.05, 0) is 51.1 Å². The number of piperidine rings is 1. The number of benzene rings is 1. The number of amides is 1. The number of carbonyl (C=O) groups excluding carboxylic acids is 1. The van der Waals surface area contributed by atoms with Crippen LogP contribution in [0, 0.1) is 0 Å². The highest BCUT2D eigenvalue weighted by atomic mass is 16.1. The Hall–Kier alpha value is -1.35. The quantitative estimate of drug-likeness (QED) is 0.888. The largest absolute Gasteiger partial charge is 0.353 e. The van der Waals surface area contributed by atoms with Crippen LogP contribution in [0.15, 0.2) is 30.3 Å². The minimum absolute atomic E-state index is 0.0663. The minimum atomic E-state index is -0.0663. The molecule has 1 saturated heterocycles. The molecule has 2 atom stereocenters. The molecule has 3 rings (SSSR count). The van der Waals surface area contributed by atoms with Crippen molar-refractivity contribution in [1.29, 1.82) is 0 Å². The van der Waals surface area contributed by atoms with Crippen LogP contribution in [0.25, 0.3) is 0 Å². The summed E-state index contributed by atoms with van der Waals surface area (Å²) >= 11 is 0. The summed E-state index contributed by atoms with van der Waals surface area (Å²) in [7, 11) is 0. The van der Waals surface area contributed by atoms with E-state index in [1.54, 1.807) is 0 Å². The van der Waals surface area contributed by atoms with E-state index in [1.165, 1.54) is 19.3 Å². The predicted octanol–water partition coefficient (Wildman–Crippen LogP) is 2.58. The van der Waals surface area contributed by atoms with E-state index in [2.05, 4.69) is 10.6 Å². The summed E-state index contributed by atoms with van der Waals surface area (Å²) in [5.41, 5.74) is 1.43. The Kier molecular flexibility index (Phi) is 3.79. The Bertz CT molecular complexity index is 467. The second kappa shape index (κ2) is 5.57. The van der Waals surface area contributed by atoms with Gasteiger partial charge in [-0.2, -0.15) is 0 Å². The molecule has 1 aromatic carbocycles. The third-order valence-electron chi connectivity index (χ3n) is 4.98. The molecule has 0 radical (unpaired) electrons. The SMILES string of the molecule is CC(C(=O)NC1CCNC2(CCC2)C1)c1ccccc1. The summed E-state index contributed by atoms with van der Waals surface area (Å²) in [4.78, 5) is 12.4. The summed E-state index contributed by atoms with van der Waals surface area (Å²) in [5.74, 6) is 0.0981. The molecule has 2 aliphatic rings. The van der Waals surface area contributed by atoms with Gasteiger partial charge in [0.05, 0.1) is 5.92 Å². The third-order valence-corrected chi connectivity index (χ3v) is 4.98. The summed E-state index contributed by atoms with van der Waals surface area (Å²) in [5, 5.41) is 6.91. The third kappa shape index (κ3) is 2.73. The minimum Gasteiger partial charge on any atom is -0.353 e. The van der Waals surface area contributed by atoms with E-state index in [9.17, 15) is 4.79 Å². The smallest absolute Gasteiger partial charge is 0.227 e. The average molecular weight is 272 g/mol. The van der Waals surface area contributed by atoms with Gasteiger partial charge in [-0.3, -0.25) is 4.79 Å². The molecule has 108 valence electrons. The van der Waals surface area contributed by atoms with Crippen LogP contribution in [-0.2, 0) is 4.79 Å². The van der Waals surface area contributed by atoms with E-state index < -0.39 is 0 Å². The van der Waals surface area contributed by atoms with E-state index in [1.807, 2.05) is 37.3 Å². The van der Waals surface area contributed by atoms with Crippen molar-refractivity contribution in [2.24, 2.45) is 0 Å². The summed E-state index contributed by atoms with van der Waals surface area (Å²) in [6.07, 6.45) is 6.02. The van der Waals surface area contributed by atoms with E-state index in [4.69, 9.17) is 0 Å². The van der Waals surface area contributed by atoms with Gasteiger partial charge in [0, 0.05) is 11.6 Å². The first kappa shape index (κ1) is 13.6. The fourth-order valence-corrected chi connectivity index (χ4v) is 3.48. The molecule has 1 saturated carbocycles. The lowest BCUT2D eigenvalue weighted by atomic mass is 9.70. The lowest BCUT2D eigenvalue weighted by molar-refractivity contribution is -0.123. The van der Waals surface area contributed by atoms with Crippen LogP contribution in [-0.4, -0.2) is 24.0 Å². The van der Waals surface area contributed by atoms with Gasteiger partial charge in [-0.25, -0.2) is 0 Å². The molecule has 1 aliphatic heterocycles. The van der Waals surface area contributed by atoms with Gasteiger partial charge >= 0.3 is 0 Å². The van der Waals surface area contributed by atoms with Gasteiger partial charge in [0.25, 0.3) is 0 Å². The van der Waals surface area contributed by atoms with Crippen molar-refractivity contribution in [1.82, 2.24) is 10.6 Å². The van der Waals surface area contributed by atoms with Crippen LogP contribution < -0.4 is 10.6 Å². The monoisotopic (exact) mass is 272 g/mol. The highest BCUT2D eigenvalue weighted by Crippen LogP contribution is 2.38. The molecule has 0 bridgehead atoms. The molecule has 2 fully saturated rings. The van der Waals surface area contributed by atoms with E-state index in [0.29, 0.717) is 11.6 Å². The molecule has 1 heterocycles. The molecule has 1 aliphatic carbocycles. The van der Waals surface area contributed by atoms with Crippen LogP contribution >= 0.6 is 0 Å². The first-order valence-corrected chi connectivity index (χ1v) is 7.79. The molecular weight excluding hydrogens is 248 g/mol. The fraction of sp³-hybridized carbons (Fsp3) is 0.588. The molecule has 1 aromatic rings. The van der Waals surface area contributed by atoms with E-state index >= 15 is 0 Å². The molecule has 3 heteroatoms. The first-order valence-electron chi connectivity index (χ1n) is 7.79. The van der Waals surface area contributed by atoms with Crippen molar-refractivity contribution < 1.29 is 4.79 Å². The van der Waals surface area contributed by atoms with Crippen molar-refractivity contribution in [3.63, 3.8) is 0 Å². The Morgan fingerprint density at radius 2 is 2.10 bits per heavy atom. The Labute approximate surface area is 121 Å². The highest BCUT2D eigenvalue weighted by molar-refractivity contribution is 5.83. The second-order valence-corrected chi connectivity index (χ2v) is 6.39. The molecule has 1 amide bonds. The maximum atomic E-state index is 12.4. The van der Waals surface area contributed by atoms with E-state index in [0.717, 1.165) is 24.9 Å². The number of nitrogens with one attached hydrogen (secondary N) is 2. The van der Waals surface area contributed by atoms with Crippen molar-refractivity contribution >= 4 is 5.91 Å². The van der Waals surface area contributed by atoms with Crippen LogP contribution in [0.5, 0.6) is 0 Å². The van der Waals surface area contributed by atoms with Gasteiger partial charge in [0.15, 0.2) is 0 Å². The second-order valence-electron chi connectivity index (χ2n) is 6.39. The molecular formula is C17H24N2O. The highest BCUT2D eigenvalue weighted by Gasteiger charge is 2.41. The molecule has 3 nitrogen and oxygen atoms in total. The standard InChI is InChI=1S/C17H24N2O/c1-13(14-6-3-2-4-7-14)16(20)19-15-8-11-18-17(12-15)9-5-10-17/h2-4,6-7,13,15,18H,5,8-12H2,1H3,(H,19,20). The van der Waals surface area contributed by atoms with Crippen LogP contribution in [0.4, 0.5) is 0 Å². The number of carbonyl (C=O) groups is 1. The molecule has 20 heavy (non-hydrogen) atoms. The molecule has 1 spiro atoms. The van der Waals surface area contributed by atoms with Crippen LogP contribution in [0.2, 0.25) is 0 Å². The fourth-order valence-electron chi connectivity index (χ4n) is 3.48. The van der Waals surface area contributed by atoms with Crippen molar-refractivity contribution in [2.75, 3.05) is 6.54 Å². The zero-order valence-corrected chi connectivity index (χ0v) is 12.2. The van der Waals surface area contributed by atoms with Crippen molar-refractivity contribution in [3.8, 4) is 0 Å². The van der Waals surface area contributed by atoms with Crippen molar-refractivity contribution in [2.45, 2.75) is 56.5 Å². The van der Waals surface area contributed by atoms with Gasteiger partial charge in [0.2, 0.25) is 5.91 Å². The van der Waals surface area contributed by atoms with Crippen molar-refractivity contribution in [3.05, 3.63) is 35.9 Å². The zero-order chi connectivity index (χ0) is 14.0. The predicted molar refractivity (Wildman–Crippen MR) is 80.6 cm³/mol. The first-order chi connectivity index (χ1) is 9.69. The van der Waals surface area contributed by atoms with Gasteiger partial charge < -0.3 is 10.6 Å². The maximum Gasteiger partial charge on any atom is 0.227 e. The average Bonchev–Trinajstić information content (AvgIpc) is 2.46. The number of hydrogen-bond donors (Lipinski definition) is 2. The van der Waals surface area contributed by atoms with Gasteiger partial charge in [-0.15, -0.1) is 0 Å². The van der Waals surface area contributed by atoms with Crippen LogP contribution in [0.3, 0.4) is 0 Å². The lowest BCUT2D eigenvalue weighted by Gasteiger charge is -2.48. The Morgan fingerprint density at radius 1 is 1.35 bits per heavy atom. The zero-order valence-electron chi connectivity index (χ0n) is 12.2. The number of rotatable bonds is 3. The topological polar surface area (TPSA) is 41.1 Å². The summed E-state index contributed by atoms with van der Waals surface area (Å²) in [6, 6.07) is 10.4. The normalized spacial score (nSPS) is 25.8. The summed E-state index contributed by atoms with van der Waals surface area (Å²) < 4.78 is 0. The molecule has 2 unspecified atom stereocenters.